The summed E-state index contributed by atoms with van der Waals surface area (Å²) in [5.41, 5.74) is 6.77. The van der Waals surface area contributed by atoms with Crippen LogP contribution in [0.15, 0.2) is 0 Å². The third kappa shape index (κ3) is 1.80. The molecule has 0 aromatic heterocycles. The predicted molar refractivity (Wildman–Crippen MR) is 75.0 cm³/mol. The molecule has 0 spiro atoms. The molecule has 1 saturated carbocycles. The van der Waals surface area contributed by atoms with Crippen molar-refractivity contribution >= 4 is 0 Å². The van der Waals surface area contributed by atoms with Gasteiger partial charge in [-0.15, -0.1) is 0 Å². The van der Waals surface area contributed by atoms with Crippen LogP contribution in [0.1, 0.15) is 33.6 Å². The van der Waals surface area contributed by atoms with E-state index in [0.717, 1.165) is 32.6 Å². The van der Waals surface area contributed by atoms with Gasteiger partial charge in [-0.25, -0.2) is 0 Å². The van der Waals surface area contributed by atoms with E-state index in [-0.39, 0.29) is 11.0 Å². The van der Waals surface area contributed by atoms with Crippen LogP contribution < -0.4 is 5.73 Å². The van der Waals surface area contributed by atoms with Crippen LogP contribution in [0.3, 0.4) is 0 Å². The number of nitrogens with zero attached hydrogens (tertiary/aromatic N) is 1. The second-order valence-corrected chi connectivity index (χ2v) is 7.30. The average Bonchev–Trinajstić information content (AvgIpc) is 2.95. The van der Waals surface area contributed by atoms with Crippen molar-refractivity contribution in [2.45, 2.75) is 57.4 Å². The summed E-state index contributed by atoms with van der Waals surface area (Å²) in [6.45, 7) is 9.41. The number of hydrogen-bond acceptors (Lipinski definition) is 4. The normalized spacial score (nSPS) is 48.3. The molecular weight excluding hydrogens is 240 g/mol. The molecule has 2 saturated heterocycles. The van der Waals surface area contributed by atoms with Crippen molar-refractivity contribution < 1.29 is 9.47 Å². The summed E-state index contributed by atoms with van der Waals surface area (Å²) in [7, 11) is 2.20. The zero-order chi connectivity index (χ0) is 13.8. The molecule has 0 aromatic carbocycles. The summed E-state index contributed by atoms with van der Waals surface area (Å²) < 4.78 is 11.6. The molecule has 4 nitrogen and oxygen atoms in total. The Morgan fingerprint density at radius 1 is 1.21 bits per heavy atom. The van der Waals surface area contributed by atoms with Gasteiger partial charge in [-0.3, -0.25) is 4.90 Å². The van der Waals surface area contributed by atoms with Crippen LogP contribution in [0, 0.1) is 11.3 Å². The first-order valence-corrected chi connectivity index (χ1v) is 7.60. The maximum absolute atomic E-state index is 6.82. The zero-order valence-electron chi connectivity index (χ0n) is 12.7. The second-order valence-electron chi connectivity index (χ2n) is 7.30. The Morgan fingerprint density at radius 3 is 2.53 bits per heavy atom. The summed E-state index contributed by atoms with van der Waals surface area (Å²) >= 11 is 0. The third-order valence-electron chi connectivity index (χ3n) is 6.08. The van der Waals surface area contributed by atoms with Gasteiger partial charge >= 0.3 is 0 Å². The van der Waals surface area contributed by atoms with Crippen molar-refractivity contribution in [1.29, 1.82) is 0 Å². The van der Waals surface area contributed by atoms with Crippen LogP contribution in [0.5, 0.6) is 0 Å². The lowest BCUT2D eigenvalue weighted by molar-refractivity contribution is -0.164. The Bertz CT molecular complexity index is 360. The fourth-order valence-corrected chi connectivity index (χ4v) is 4.63. The molecule has 3 aliphatic rings. The largest absolute Gasteiger partial charge is 0.377 e. The van der Waals surface area contributed by atoms with Gasteiger partial charge in [0, 0.05) is 42.7 Å². The first kappa shape index (κ1) is 13.8. The Hall–Kier alpha value is -0.160. The van der Waals surface area contributed by atoms with Crippen LogP contribution in [0.25, 0.3) is 0 Å². The highest BCUT2D eigenvalue weighted by atomic mass is 16.5. The maximum Gasteiger partial charge on any atom is 0.0702 e. The van der Waals surface area contributed by atoms with E-state index in [1.165, 1.54) is 0 Å². The molecule has 2 N–H and O–H groups in total. The molecular formula is C15H28N2O2. The van der Waals surface area contributed by atoms with Crippen LogP contribution in [-0.4, -0.2) is 55.5 Å². The third-order valence-corrected chi connectivity index (χ3v) is 6.08. The van der Waals surface area contributed by atoms with Gasteiger partial charge in [0.15, 0.2) is 0 Å². The lowest BCUT2D eigenvalue weighted by Gasteiger charge is -2.63. The minimum atomic E-state index is -0.120. The topological polar surface area (TPSA) is 47.7 Å². The van der Waals surface area contributed by atoms with E-state index in [1.807, 2.05) is 0 Å². The van der Waals surface area contributed by atoms with Crippen LogP contribution in [-0.2, 0) is 9.47 Å². The average molecular weight is 268 g/mol. The van der Waals surface area contributed by atoms with E-state index < -0.39 is 0 Å². The highest BCUT2D eigenvalue weighted by Crippen LogP contribution is 2.58. The first-order chi connectivity index (χ1) is 8.88. The molecule has 3 rings (SSSR count). The maximum atomic E-state index is 6.82. The zero-order valence-corrected chi connectivity index (χ0v) is 12.7. The second kappa shape index (κ2) is 4.42. The number of nitrogens with two attached hydrogens (primary N) is 1. The summed E-state index contributed by atoms with van der Waals surface area (Å²) in [6, 6.07) is 0.512. The van der Waals surface area contributed by atoms with E-state index in [0.29, 0.717) is 24.2 Å². The summed E-state index contributed by atoms with van der Waals surface area (Å²) in [5.74, 6) is 0.530. The van der Waals surface area contributed by atoms with E-state index in [1.54, 1.807) is 0 Å². The molecule has 110 valence electrons. The van der Waals surface area contributed by atoms with Gasteiger partial charge in [-0.05, 0) is 26.8 Å². The lowest BCUT2D eigenvalue weighted by Crippen LogP contribution is -2.78. The van der Waals surface area contributed by atoms with Crippen molar-refractivity contribution in [3.63, 3.8) is 0 Å². The quantitative estimate of drug-likeness (QED) is 0.836. The van der Waals surface area contributed by atoms with Gasteiger partial charge in [0.1, 0.15) is 0 Å². The minimum Gasteiger partial charge on any atom is -0.377 e. The fraction of sp³-hybridized carbons (Fsp3) is 1.00. The number of hydrogen-bond donors (Lipinski definition) is 1. The molecule has 0 bridgehead atoms. The molecule has 3 fully saturated rings. The highest BCUT2D eigenvalue weighted by Gasteiger charge is 2.67. The van der Waals surface area contributed by atoms with Crippen molar-refractivity contribution in [3.8, 4) is 0 Å². The molecule has 1 aliphatic carbocycles. The summed E-state index contributed by atoms with van der Waals surface area (Å²) in [5, 5.41) is 0. The van der Waals surface area contributed by atoms with Crippen molar-refractivity contribution in [2.75, 3.05) is 26.8 Å². The fourth-order valence-electron chi connectivity index (χ4n) is 4.63. The standard InChI is InChI=1S/C15H28N2O2/c1-10-12(6-8-18-10)17(4)9-15(16)11-5-7-19-13(11)14(15,2)3/h10-13H,5-9,16H2,1-4H3. The number of likely N-dealkylation sites (N-methyl/N-ethyl adjacent to an activating group) is 1. The minimum absolute atomic E-state index is 0.0745. The Balaban J connectivity index is 1.71. The van der Waals surface area contributed by atoms with Gasteiger partial charge in [0.05, 0.1) is 12.2 Å². The molecule has 5 atom stereocenters. The van der Waals surface area contributed by atoms with E-state index >= 15 is 0 Å². The Kier molecular flexibility index (Phi) is 3.21. The molecule has 0 amide bonds. The molecule has 19 heavy (non-hydrogen) atoms. The van der Waals surface area contributed by atoms with Gasteiger partial charge in [0.2, 0.25) is 0 Å². The SMILES string of the molecule is CC1OCCC1N(C)CC1(N)C2CCOC2C1(C)C. The number of fused-ring (bicyclic) bond motifs is 1. The van der Waals surface area contributed by atoms with Crippen molar-refractivity contribution in [1.82, 2.24) is 4.90 Å². The molecule has 2 heterocycles. The number of rotatable bonds is 3. The molecule has 0 aromatic rings. The summed E-state index contributed by atoms with van der Waals surface area (Å²) in [6.07, 6.45) is 2.93. The molecule has 5 unspecified atom stereocenters. The summed E-state index contributed by atoms with van der Waals surface area (Å²) in [4.78, 5) is 2.42. The first-order valence-electron chi connectivity index (χ1n) is 7.60. The van der Waals surface area contributed by atoms with Crippen LogP contribution in [0.2, 0.25) is 0 Å². The van der Waals surface area contributed by atoms with Crippen molar-refractivity contribution in [3.05, 3.63) is 0 Å². The highest BCUT2D eigenvalue weighted by molar-refractivity contribution is 5.21. The van der Waals surface area contributed by atoms with Crippen LogP contribution >= 0.6 is 0 Å². The lowest BCUT2D eigenvalue weighted by atomic mass is 9.48. The molecule has 4 heteroatoms. The number of ether oxygens (including phenoxy) is 2. The van der Waals surface area contributed by atoms with Crippen molar-refractivity contribution in [2.24, 2.45) is 17.1 Å². The molecule has 2 aliphatic heterocycles. The Labute approximate surface area is 116 Å². The van der Waals surface area contributed by atoms with E-state index in [4.69, 9.17) is 15.2 Å². The smallest absolute Gasteiger partial charge is 0.0702 e. The van der Waals surface area contributed by atoms with E-state index in [9.17, 15) is 0 Å². The molecule has 0 radical (unpaired) electrons. The van der Waals surface area contributed by atoms with Gasteiger partial charge in [0.25, 0.3) is 0 Å². The Morgan fingerprint density at radius 2 is 1.89 bits per heavy atom. The van der Waals surface area contributed by atoms with Gasteiger partial charge in [-0.1, -0.05) is 13.8 Å². The monoisotopic (exact) mass is 268 g/mol. The van der Waals surface area contributed by atoms with E-state index in [2.05, 4.69) is 32.7 Å². The van der Waals surface area contributed by atoms with Gasteiger partial charge in [-0.2, -0.15) is 0 Å². The van der Waals surface area contributed by atoms with Crippen LogP contribution in [0.4, 0.5) is 0 Å². The predicted octanol–water partition coefficient (Wildman–Crippen LogP) is 1.24. The van der Waals surface area contributed by atoms with Gasteiger partial charge < -0.3 is 15.2 Å².